The molecule has 4 aromatic rings. The lowest BCUT2D eigenvalue weighted by atomic mass is 9.88. The first kappa shape index (κ1) is 24.0. The van der Waals surface area contributed by atoms with Crippen LogP contribution in [0.1, 0.15) is 32.4 Å². The average molecular weight is 504 g/mol. The Kier molecular flexibility index (Phi) is 6.74. The molecular weight excluding hydrogens is 474 g/mol. The molecule has 0 fully saturated rings. The zero-order valence-electron chi connectivity index (χ0n) is 20.9. The van der Waals surface area contributed by atoms with Gasteiger partial charge in [0, 0.05) is 11.2 Å². The number of methoxy groups -OCH3 is 4. The van der Waals surface area contributed by atoms with Gasteiger partial charge in [0.15, 0.2) is 23.0 Å². The molecule has 3 aromatic carbocycles. The second kappa shape index (κ2) is 10.1. The molecule has 0 bridgehead atoms. The second-order valence-corrected chi connectivity index (χ2v) is 9.80. The SMILES string of the molecule is COc1ccc(CC2c3cc(OC)c(OC)cc3CCN2C(=O)c2cc3ccccc3s2)cc1OC. The molecule has 36 heavy (non-hydrogen) atoms. The predicted molar refractivity (Wildman–Crippen MR) is 142 cm³/mol. The van der Waals surface area contributed by atoms with E-state index in [1.165, 1.54) is 5.56 Å². The van der Waals surface area contributed by atoms with Crippen LogP contribution in [0.15, 0.2) is 60.7 Å². The predicted octanol–water partition coefficient (Wildman–Crippen LogP) is 5.92. The third-order valence-electron chi connectivity index (χ3n) is 6.78. The molecule has 186 valence electrons. The number of carbonyl (C=O) groups excluding carboxylic acids is 1. The van der Waals surface area contributed by atoms with Crippen LogP contribution in [0.25, 0.3) is 10.1 Å². The molecule has 0 radical (unpaired) electrons. The summed E-state index contributed by atoms with van der Waals surface area (Å²) in [6.45, 7) is 0.619. The van der Waals surface area contributed by atoms with Gasteiger partial charge in [0.2, 0.25) is 0 Å². The first-order chi connectivity index (χ1) is 17.6. The van der Waals surface area contributed by atoms with Gasteiger partial charge in [0.25, 0.3) is 5.91 Å². The van der Waals surface area contributed by atoms with Crippen molar-refractivity contribution in [2.24, 2.45) is 0 Å². The minimum atomic E-state index is -0.177. The molecule has 2 heterocycles. The summed E-state index contributed by atoms with van der Waals surface area (Å²) < 4.78 is 23.3. The summed E-state index contributed by atoms with van der Waals surface area (Å²) in [4.78, 5) is 16.7. The number of ether oxygens (including phenoxy) is 4. The molecule has 0 saturated carbocycles. The van der Waals surface area contributed by atoms with E-state index in [0.717, 1.165) is 32.5 Å². The van der Waals surface area contributed by atoms with Gasteiger partial charge in [-0.1, -0.05) is 24.3 Å². The van der Waals surface area contributed by atoms with Crippen LogP contribution < -0.4 is 18.9 Å². The topological polar surface area (TPSA) is 57.2 Å². The summed E-state index contributed by atoms with van der Waals surface area (Å²) in [6.07, 6.45) is 1.37. The Balaban J connectivity index is 1.58. The molecule has 0 spiro atoms. The number of fused-ring (bicyclic) bond motifs is 2. The van der Waals surface area contributed by atoms with E-state index < -0.39 is 0 Å². The fourth-order valence-electron chi connectivity index (χ4n) is 4.95. The molecule has 0 aliphatic carbocycles. The standard InChI is InChI=1S/C29H29NO5S/c1-32-23-10-9-18(14-24(23)33-2)13-22-21-17-26(35-4)25(34-3)15-19(21)11-12-30(22)29(31)28-16-20-7-5-6-8-27(20)36-28/h5-10,14-17,22H,11-13H2,1-4H3. The maximum Gasteiger partial charge on any atom is 0.264 e. The quantitative estimate of drug-likeness (QED) is 0.313. The van der Waals surface area contributed by atoms with E-state index in [4.69, 9.17) is 18.9 Å². The first-order valence-electron chi connectivity index (χ1n) is 11.8. The van der Waals surface area contributed by atoms with Crippen LogP contribution in [-0.2, 0) is 12.8 Å². The number of benzene rings is 3. The number of rotatable bonds is 7. The average Bonchev–Trinajstić information content (AvgIpc) is 3.36. The largest absolute Gasteiger partial charge is 0.493 e. The maximum atomic E-state index is 13.9. The summed E-state index contributed by atoms with van der Waals surface area (Å²) in [5.74, 6) is 2.74. The normalized spacial score (nSPS) is 14.9. The van der Waals surface area contributed by atoms with Gasteiger partial charge in [-0.05, 0) is 71.3 Å². The smallest absolute Gasteiger partial charge is 0.264 e. The highest BCUT2D eigenvalue weighted by atomic mass is 32.1. The second-order valence-electron chi connectivity index (χ2n) is 8.71. The fraction of sp³-hybridized carbons (Fsp3) is 0.276. The number of hydrogen-bond donors (Lipinski definition) is 0. The zero-order chi connectivity index (χ0) is 25.2. The van der Waals surface area contributed by atoms with Gasteiger partial charge in [-0.15, -0.1) is 11.3 Å². The van der Waals surface area contributed by atoms with Crippen LogP contribution in [0, 0.1) is 0 Å². The highest BCUT2D eigenvalue weighted by molar-refractivity contribution is 7.20. The first-order valence-corrected chi connectivity index (χ1v) is 12.6. The molecule has 1 unspecified atom stereocenters. The summed E-state index contributed by atoms with van der Waals surface area (Å²) in [5, 5.41) is 1.09. The van der Waals surface area contributed by atoms with Gasteiger partial charge in [0.05, 0.1) is 39.4 Å². The minimum Gasteiger partial charge on any atom is -0.493 e. The molecular formula is C29H29NO5S. The molecule has 5 rings (SSSR count). The molecule has 1 atom stereocenters. The molecule has 1 amide bonds. The Morgan fingerprint density at radius 3 is 2.28 bits per heavy atom. The Bertz CT molecular complexity index is 1380. The molecule has 1 aliphatic rings. The number of nitrogens with zero attached hydrogens (tertiary/aromatic N) is 1. The van der Waals surface area contributed by atoms with Crippen LogP contribution in [0.5, 0.6) is 23.0 Å². The molecule has 6 nitrogen and oxygen atoms in total. The number of amides is 1. The van der Waals surface area contributed by atoms with Crippen LogP contribution in [0.2, 0.25) is 0 Å². The van der Waals surface area contributed by atoms with Gasteiger partial charge in [-0.2, -0.15) is 0 Å². The van der Waals surface area contributed by atoms with Crippen molar-refractivity contribution in [1.29, 1.82) is 0 Å². The molecule has 0 N–H and O–H groups in total. The van der Waals surface area contributed by atoms with Crippen molar-refractivity contribution < 1.29 is 23.7 Å². The number of hydrogen-bond acceptors (Lipinski definition) is 6. The van der Waals surface area contributed by atoms with E-state index in [1.807, 2.05) is 59.5 Å². The van der Waals surface area contributed by atoms with Gasteiger partial charge < -0.3 is 23.8 Å². The zero-order valence-corrected chi connectivity index (χ0v) is 21.7. The summed E-state index contributed by atoms with van der Waals surface area (Å²) in [5.41, 5.74) is 3.29. The number of thiophene rings is 1. The molecule has 7 heteroatoms. The van der Waals surface area contributed by atoms with Gasteiger partial charge in [-0.3, -0.25) is 4.79 Å². The Morgan fingerprint density at radius 1 is 0.861 bits per heavy atom. The van der Waals surface area contributed by atoms with Crippen LogP contribution in [-0.4, -0.2) is 45.8 Å². The van der Waals surface area contributed by atoms with Crippen LogP contribution in [0.3, 0.4) is 0 Å². The molecule has 0 saturated heterocycles. The van der Waals surface area contributed by atoms with Crippen molar-refractivity contribution >= 4 is 27.3 Å². The van der Waals surface area contributed by atoms with E-state index in [2.05, 4.69) is 6.07 Å². The van der Waals surface area contributed by atoms with Crippen molar-refractivity contribution in [3.63, 3.8) is 0 Å². The van der Waals surface area contributed by atoms with Crippen LogP contribution >= 0.6 is 11.3 Å². The van der Waals surface area contributed by atoms with Crippen molar-refractivity contribution in [2.75, 3.05) is 35.0 Å². The lowest BCUT2D eigenvalue weighted by Crippen LogP contribution is -2.40. The lowest BCUT2D eigenvalue weighted by Gasteiger charge is -2.38. The highest BCUT2D eigenvalue weighted by Gasteiger charge is 2.33. The Hall–Kier alpha value is -3.71. The van der Waals surface area contributed by atoms with Gasteiger partial charge >= 0.3 is 0 Å². The third kappa shape index (κ3) is 4.35. The van der Waals surface area contributed by atoms with E-state index in [9.17, 15) is 4.79 Å². The highest BCUT2D eigenvalue weighted by Crippen LogP contribution is 2.41. The van der Waals surface area contributed by atoms with E-state index >= 15 is 0 Å². The van der Waals surface area contributed by atoms with Crippen molar-refractivity contribution in [1.82, 2.24) is 4.90 Å². The summed E-state index contributed by atoms with van der Waals surface area (Å²) >= 11 is 1.54. The third-order valence-corrected chi connectivity index (χ3v) is 7.88. The van der Waals surface area contributed by atoms with Crippen LogP contribution in [0.4, 0.5) is 0 Å². The van der Waals surface area contributed by atoms with Gasteiger partial charge in [0.1, 0.15) is 0 Å². The minimum absolute atomic E-state index is 0.0436. The molecule has 1 aromatic heterocycles. The Morgan fingerprint density at radius 2 is 1.56 bits per heavy atom. The Labute approximate surface area is 215 Å². The molecule has 1 aliphatic heterocycles. The number of carbonyl (C=O) groups is 1. The van der Waals surface area contributed by atoms with Crippen molar-refractivity contribution in [2.45, 2.75) is 18.9 Å². The summed E-state index contributed by atoms with van der Waals surface area (Å²) in [7, 11) is 6.54. The van der Waals surface area contributed by atoms with E-state index in [0.29, 0.717) is 36.0 Å². The maximum absolute atomic E-state index is 13.9. The summed E-state index contributed by atoms with van der Waals surface area (Å²) in [6, 6.07) is 19.9. The lowest BCUT2D eigenvalue weighted by molar-refractivity contribution is 0.0664. The van der Waals surface area contributed by atoms with Crippen molar-refractivity contribution in [3.8, 4) is 23.0 Å². The van der Waals surface area contributed by atoms with E-state index in [-0.39, 0.29) is 11.9 Å². The fourth-order valence-corrected chi connectivity index (χ4v) is 5.97. The van der Waals surface area contributed by atoms with Gasteiger partial charge in [-0.25, -0.2) is 0 Å². The van der Waals surface area contributed by atoms with Crippen molar-refractivity contribution in [3.05, 3.63) is 82.2 Å². The van der Waals surface area contributed by atoms with E-state index in [1.54, 1.807) is 39.8 Å². The monoisotopic (exact) mass is 503 g/mol.